The minimum atomic E-state index is 0.441. The van der Waals surface area contributed by atoms with Crippen LogP contribution in [0, 0.1) is 5.41 Å². The predicted molar refractivity (Wildman–Crippen MR) is 52.0 cm³/mol. The highest BCUT2D eigenvalue weighted by Gasteiger charge is 2.27. The van der Waals surface area contributed by atoms with Crippen molar-refractivity contribution in [3.05, 3.63) is 29.3 Å². The molecule has 0 aromatic heterocycles. The number of fused-ring (bicyclic) bond motifs is 1. The normalized spacial score (nSPS) is 19.2. The van der Waals surface area contributed by atoms with Crippen LogP contribution in [-0.4, -0.2) is 0 Å². The van der Waals surface area contributed by atoms with Gasteiger partial charge in [0.05, 0.1) is 0 Å². The quantitative estimate of drug-likeness (QED) is 0.581. The summed E-state index contributed by atoms with van der Waals surface area (Å²) in [4.78, 5) is 0. The van der Waals surface area contributed by atoms with Gasteiger partial charge in [0.25, 0.3) is 0 Å². The van der Waals surface area contributed by atoms with Crippen molar-refractivity contribution < 1.29 is 0 Å². The Morgan fingerprint density at radius 2 is 1.83 bits per heavy atom. The van der Waals surface area contributed by atoms with Gasteiger partial charge < -0.3 is 5.73 Å². The highest BCUT2D eigenvalue weighted by Crippen LogP contribution is 2.36. The minimum absolute atomic E-state index is 0.441. The van der Waals surface area contributed by atoms with E-state index in [-0.39, 0.29) is 0 Å². The van der Waals surface area contributed by atoms with Crippen molar-refractivity contribution in [3.63, 3.8) is 0 Å². The first-order valence-electron chi connectivity index (χ1n) is 4.44. The van der Waals surface area contributed by atoms with Gasteiger partial charge in [-0.1, -0.05) is 19.9 Å². The van der Waals surface area contributed by atoms with Gasteiger partial charge in [-0.05, 0) is 41.5 Å². The van der Waals surface area contributed by atoms with Crippen LogP contribution >= 0.6 is 0 Å². The third kappa shape index (κ3) is 1.20. The summed E-state index contributed by atoms with van der Waals surface area (Å²) in [7, 11) is 0. The molecule has 1 aromatic rings. The van der Waals surface area contributed by atoms with Crippen LogP contribution in [0.1, 0.15) is 25.0 Å². The SMILES string of the molecule is CC1(C)Cc2ccc(N)cc2C1. The molecule has 0 spiro atoms. The Hall–Kier alpha value is -0.980. The smallest absolute Gasteiger partial charge is 0.0316 e. The molecule has 1 nitrogen and oxygen atoms in total. The van der Waals surface area contributed by atoms with Crippen LogP contribution < -0.4 is 5.73 Å². The summed E-state index contributed by atoms with van der Waals surface area (Å²) >= 11 is 0. The summed E-state index contributed by atoms with van der Waals surface area (Å²) in [6.45, 7) is 4.62. The van der Waals surface area contributed by atoms with E-state index in [4.69, 9.17) is 5.73 Å². The lowest BCUT2D eigenvalue weighted by molar-refractivity contribution is 0.392. The first-order valence-corrected chi connectivity index (χ1v) is 4.44. The molecule has 0 radical (unpaired) electrons. The molecule has 2 rings (SSSR count). The third-order valence-electron chi connectivity index (χ3n) is 2.57. The molecule has 12 heavy (non-hydrogen) atoms. The van der Waals surface area contributed by atoms with Crippen LogP contribution in [0.2, 0.25) is 0 Å². The molecule has 1 aromatic carbocycles. The van der Waals surface area contributed by atoms with Gasteiger partial charge in [-0.3, -0.25) is 0 Å². The topological polar surface area (TPSA) is 26.0 Å². The molecule has 0 amide bonds. The molecule has 0 fully saturated rings. The summed E-state index contributed by atoms with van der Waals surface area (Å²) in [5.74, 6) is 0. The zero-order valence-corrected chi connectivity index (χ0v) is 7.72. The van der Waals surface area contributed by atoms with Crippen molar-refractivity contribution in [2.75, 3.05) is 5.73 Å². The fraction of sp³-hybridized carbons (Fsp3) is 0.455. The number of hydrogen-bond donors (Lipinski definition) is 1. The monoisotopic (exact) mass is 161 g/mol. The average molecular weight is 161 g/mol. The molecule has 0 saturated heterocycles. The molecule has 1 aliphatic rings. The van der Waals surface area contributed by atoms with Gasteiger partial charge in [-0.25, -0.2) is 0 Å². The molecule has 0 unspecified atom stereocenters. The lowest BCUT2D eigenvalue weighted by Gasteiger charge is -2.14. The molecular formula is C11H15N. The van der Waals surface area contributed by atoms with Crippen LogP contribution in [0.15, 0.2) is 18.2 Å². The number of hydrogen-bond acceptors (Lipinski definition) is 1. The van der Waals surface area contributed by atoms with Crippen LogP contribution in [0.5, 0.6) is 0 Å². The molecule has 1 aliphatic carbocycles. The lowest BCUT2D eigenvalue weighted by Crippen LogP contribution is -2.09. The summed E-state index contributed by atoms with van der Waals surface area (Å²) < 4.78 is 0. The summed E-state index contributed by atoms with van der Waals surface area (Å²) in [5, 5.41) is 0. The van der Waals surface area contributed by atoms with Crippen LogP contribution in [0.3, 0.4) is 0 Å². The number of benzene rings is 1. The molecule has 2 N–H and O–H groups in total. The number of rotatable bonds is 0. The van der Waals surface area contributed by atoms with Crippen LogP contribution in [0.4, 0.5) is 5.69 Å². The lowest BCUT2D eigenvalue weighted by atomic mass is 9.90. The van der Waals surface area contributed by atoms with Crippen molar-refractivity contribution in [1.82, 2.24) is 0 Å². The number of anilines is 1. The van der Waals surface area contributed by atoms with E-state index in [1.165, 1.54) is 24.0 Å². The van der Waals surface area contributed by atoms with Crippen molar-refractivity contribution in [3.8, 4) is 0 Å². The maximum atomic E-state index is 5.72. The zero-order valence-electron chi connectivity index (χ0n) is 7.72. The standard InChI is InChI=1S/C11H15N/c1-11(2)6-8-3-4-10(12)5-9(8)7-11/h3-5H,6-7,12H2,1-2H3. The van der Waals surface area contributed by atoms with Gasteiger partial charge >= 0.3 is 0 Å². The van der Waals surface area contributed by atoms with E-state index in [1.807, 2.05) is 6.07 Å². The molecule has 64 valence electrons. The van der Waals surface area contributed by atoms with Crippen molar-refractivity contribution in [2.45, 2.75) is 26.7 Å². The van der Waals surface area contributed by atoms with Gasteiger partial charge in [0.2, 0.25) is 0 Å². The van der Waals surface area contributed by atoms with E-state index in [2.05, 4.69) is 26.0 Å². The highest BCUT2D eigenvalue weighted by atomic mass is 14.5. The van der Waals surface area contributed by atoms with E-state index in [9.17, 15) is 0 Å². The molecule has 0 bridgehead atoms. The summed E-state index contributed by atoms with van der Waals surface area (Å²) in [6.07, 6.45) is 2.37. The van der Waals surface area contributed by atoms with Crippen LogP contribution in [0.25, 0.3) is 0 Å². The first kappa shape index (κ1) is 7.66. The van der Waals surface area contributed by atoms with Crippen molar-refractivity contribution in [1.29, 1.82) is 0 Å². The van der Waals surface area contributed by atoms with Gasteiger partial charge in [0.15, 0.2) is 0 Å². The Morgan fingerprint density at radius 1 is 1.17 bits per heavy atom. The first-order chi connectivity index (χ1) is 5.57. The fourth-order valence-corrected chi connectivity index (χ4v) is 2.08. The van der Waals surface area contributed by atoms with Crippen molar-refractivity contribution in [2.24, 2.45) is 5.41 Å². The second kappa shape index (κ2) is 2.25. The molecule has 0 atom stereocenters. The zero-order chi connectivity index (χ0) is 8.77. The Balaban J connectivity index is 2.43. The van der Waals surface area contributed by atoms with E-state index < -0.39 is 0 Å². The second-order valence-electron chi connectivity index (χ2n) is 4.55. The largest absolute Gasteiger partial charge is 0.399 e. The van der Waals surface area contributed by atoms with E-state index in [0.717, 1.165) is 5.69 Å². The minimum Gasteiger partial charge on any atom is -0.399 e. The van der Waals surface area contributed by atoms with E-state index in [0.29, 0.717) is 5.41 Å². The maximum Gasteiger partial charge on any atom is 0.0316 e. The second-order valence-corrected chi connectivity index (χ2v) is 4.55. The van der Waals surface area contributed by atoms with Gasteiger partial charge in [0.1, 0.15) is 0 Å². The Kier molecular flexibility index (Phi) is 1.44. The molecule has 0 aliphatic heterocycles. The highest BCUT2D eigenvalue weighted by molar-refractivity contribution is 5.47. The third-order valence-corrected chi connectivity index (χ3v) is 2.57. The van der Waals surface area contributed by atoms with E-state index in [1.54, 1.807) is 0 Å². The van der Waals surface area contributed by atoms with E-state index >= 15 is 0 Å². The molecule has 0 saturated carbocycles. The number of nitrogens with two attached hydrogens (primary N) is 1. The van der Waals surface area contributed by atoms with Gasteiger partial charge in [-0.15, -0.1) is 0 Å². The Labute approximate surface area is 73.6 Å². The Bertz CT molecular complexity index is 313. The van der Waals surface area contributed by atoms with Gasteiger partial charge in [-0.2, -0.15) is 0 Å². The fourth-order valence-electron chi connectivity index (χ4n) is 2.08. The molecule has 1 heteroatoms. The predicted octanol–water partition coefficient (Wildman–Crippen LogP) is 2.39. The number of nitrogen functional groups attached to an aromatic ring is 1. The molecule has 0 heterocycles. The van der Waals surface area contributed by atoms with Crippen molar-refractivity contribution >= 4 is 5.69 Å². The average Bonchev–Trinajstić information content (AvgIpc) is 2.21. The van der Waals surface area contributed by atoms with Crippen LogP contribution in [-0.2, 0) is 12.8 Å². The summed E-state index contributed by atoms with van der Waals surface area (Å²) in [6, 6.07) is 6.28. The Morgan fingerprint density at radius 3 is 2.58 bits per heavy atom. The summed E-state index contributed by atoms with van der Waals surface area (Å²) in [5.41, 5.74) is 9.98. The molecular weight excluding hydrogens is 146 g/mol. The van der Waals surface area contributed by atoms with Gasteiger partial charge in [0, 0.05) is 5.69 Å². The maximum absolute atomic E-state index is 5.72.